The summed E-state index contributed by atoms with van der Waals surface area (Å²) in [7, 11) is -1.85. The Hall–Kier alpha value is 0.530. The molecule has 98 valence electrons. The summed E-state index contributed by atoms with van der Waals surface area (Å²) in [4.78, 5) is -0.0354. The molecule has 4 nitrogen and oxygen atoms in total. The van der Waals surface area contributed by atoms with Gasteiger partial charge in [-0.05, 0) is 34.5 Å². The van der Waals surface area contributed by atoms with E-state index in [0.717, 1.165) is 9.35 Å². The number of halogens is 2. The summed E-state index contributed by atoms with van der Waals surface area (Å²) in [6.07, 6.45) is 0. The number of hydrogen-bond donors (Lipinski definition) is 1. The Bertz CT molecular complexity index is 453. The fourth-order valence-corrected chi connectivity index (χ4v) is 5.07. The maximum atomic E-state index is 11.9. The minimum atomic E-state index is -3.42. The summed E-state index contributed by atoms with van der Waals surface area (Å²) in [6.45, 7) is 2.61. The first-order valence-electron chi connectivity index (χ1n) is 4.75. The molecule has 0 amide bonds. The topological polar surface area (TPSA) is 55.4 Å². The van der Waals surface area contributed by atoms with E-state index in [1.807, 2.05) is 6.92 Å². The van der Waals surface area contributed by atoms with E-state index in [2.05, 4.69) is 36.6 Å². The molecule has 8 heteroatoms. The Labute approximate surface area is 122 Å². The van der Waals surface area contributed by atoms with Crippen LogP contribution in [-0.4, -0.2) is 33.5 Å². The lowest BCUT2D eigenvalue weighted by atomic mass is 10.4. The molecular formula is C9H13Br2NO3S2. The monoisotopic (exact) mass is 405 g/mol. The smallest absolute Gasteiger partial charge is 0.250 e. The summed E-state index contributed by atoms with van der Waals surface area (Å²) in [6, 6.07) is 1.65. The number of rotatable bonds is 6. The van der Waals surface area contributed by atoms with E-state index in [0.29, 0.717) is 17.4 Å². The number of hydrogen-bond acceptors (Lipinski definition) is 4. The molecule has 1 aromatic rings. The van der Waals surface area contributed by atoms with Gasteiger partial charge in [0.05, 0.1) is 15.2 Å². The Kier molecular flexibility index (Phi) is 6.07. The maximum Gasteiger partial charge on any atom is 0.250 e. The lowest BCUT2D eigenvalue weighted by molar-refractivity contribution is 0.201. The zero-order valence-electron chi connectivity index (χ0n) is 9.37. The Morgan fingerprint density at radius 3 is 2.71 bits per heavy atom. The van der Waals surface area contributed by atoms with Gasteiger partial charge < -0.3 is 4.74 Å². The van der Waals surface area contributed by atoms with Crippen LogP contribution in [0, 0.1) is 6.92 Å². The van der Waals surface area contributed by atoms with Crippen LogP contribution in [0.25, 0.3) is 0 Å². The van der Waals surface area contributed by atoms with Crippen LogP contribution in [0.2, 0.25) is 0 Å². The van der Waals surface area contributed by atoms with E-state index in [9.17, 15) is 8.42 Å². The van der Waals surface area contributed by atoms with Crippen molar-refractivity contribution < 1.29 is 13.2 Å². The number of alkyl halides is 1. The second-order valence-electron chi connectivity index (χ2n) is 3.43. The Balaban J connectivity index is 2.69. The molecule has 1 aromatic heterocycles. The van der Waals surface area contributed by atoms with Gasteiger partial charge in [0.1, 0.15) is 4.21 Å². The van der Waals surface area contributed by atoms with Crippen LogP contribution in [0.3, 0.4) is 0 Å². The van der Waals surface area contributed by atoms with Gasteiger partial charge in [-0.1, -0.05) is 15.9 Å². The molecule has 1 unspecified atom stereocenters. The van der Waals surface area contributed by atoms with Gasteiger partial charge in [0.25, 0.3) is 0 Å². The van der Waals surface area contributed by atoms with Crippen molar-refractivity contribution in [3.63, 3.8) is 0 Å². The molecule has 0 bridgehead atoms. The standard InChI is InChI=1S/C9H13Br2NO3S2/c1-6-3-8(16-9(6)11)17(13,14)12-4-7(10)5-15-2/h3,7,12H,4-5H2,1-2H3. The van der Waals surface area contributed by atoms with Crippen LogP contribution in [0.1, 0.15) is 5.56 Å². The molecule has 1 heterocycles. The van der Waals surface area contributed by atoms with E-state index in [1.54, 1.807) is 13.2 Å². The number of ether oxygens (including phenoxy) is 1. The fourth-order valence-electron chi connectivity index (χ4n) is 1.08. The minimum Gasteiger partial charge on any atom is -0.383 e. The highest BCUT2D eigenvalue weighted by Gasteiger charge is 2.19. The van der Waals surface area contributed by atoms with Crippen molar-refractivity contribution in [3.05, 3.63) is 15.4 Å². The first kappa shape index (κ1) is 15.6. The van der Waals surface area contributed by atoms with Gasteiger partial charge in [-0.2, -0.15) is 0 Å². The van der Waals surface area contributed by atoms with Crippen LogP contribution in [0.15, 0.2) is 14.1 Å². The second kappa shape index (κ2) is 6.63. The molecule has 1 N–H and O–H groups in total. The van der Waals surface area contributed by atoms with Crippen LogP contribution < -0.4 is 4.72 Å². The average Bonchev–Trinajstić information content (AvgIpc) is 2.58. The third kappa shape index (κ3) is 4.60. The van der Waals surface area contributed by atoms with Crippen LogP contribution in [-0.2, 0) is 14.8 Å². The Morgan fingerprint density at radius 1 is 1.59 bits per heavy atom. The van der Waals surface area contributed by atoms with Crippen molar-refractivity contribution >= 4 is 53.2 Å². The molecule has 0 aliphatic heterocycles. The van der Waals surface area contributed by atoms with Crippen molar-refractivity contribution in [2.45, 2.75) is 16.0 Å². The molecule has 0 aliphatic rings. The van der Waals surface area contributed by atoms with Crippen LogP contribution in [0.5, 0.6) is 0 Å². The quantitative estimate of drug-likeness (QED) is 0.738. The molecule has 0 aromatic carbocycles. The molecule has 0 radical (unpaired) electrons. The number of aryl methyl sites for hydroxylation is 1. The number of sulfonamides is 1. The van der Waals surface area contributed by atoms with Gasteiger partial charge in [0.15, 0.2) is 0 Å². The number of methoxy groups -OCH3 is 1. The molecule has 0 aliphatic carbocycles. The molecule has 0 saturated heterocycles. The van der Waals surface area contributed by atoms with Crippen LogP contribution >= 0.6 is 43.2 Å². The highest BCUT2D eigenvalue weighted by molar-refractivity contribution is 9.11. The van der Waals surface area contributed by atoms with Crippen molar-refractivity contribution in [1.29, 1.82) is 0 Å². The van der Waals surface area contributed by atoms with Crippen molar-refractivity contribution in [1.82, 2.24) is 4.72 Å². The molecule has 17 heavy (non-hydrogen) atoms. The maximum absolute atomic E-state index is 11.9. The molecule has 0 spiro atoms. The summed E-state index contributed by atoms with van der Waals surface area (Å²) >= 11 is 7.84. The van der Waals surface area contributed by atoms with Gasteiger partial charge in [-0.3, -0.25) is 0 Å². The van der Waals surface area contributed by atoms with Crippen LogP contribution in [0.4, 0.5) is 0 Å². The normalized spacial score (nSPS) is 13.9. The minimum absolute atomic E-state index is 0.0354. The third-order valence-corrected chi connectivity index (χ3v) is 6.56. The molecule has 0 fully saturated rings. The molecular weight excluding hydrogens is 394 g/mol. The average molecular weight is 407 g/mol. The van der Waals surface area contributed by atoms with Crippen molar-refractivity contribution in [3.8, 4) is 0 Å². The highest BCUT2D eigenvalue weighted by Crippen LogP contribution is 2.30. The molecule has 1 atom stereocenters. The van der Waals surface area contributed by atoms with E-state index in [-0.39, 0.29) is 4.83 Å². The molecule has 1 rings (SSSR count). The summed E-state index contributed by atoms with van der Waals surface area (Å²) in [5.74, 6) is 0. The fraction of sp³-hybridized carbons (Fsp3) is 0.556. The second-order valence-corrected chi connectivity index (χ2v) is 9.09. The summed E-state index contributed by atoms with van der Waals surface area (Å²) in [5, 5.41) is 0. The van der Waals surface area contributed by atoms with Gasteiger partial charge in [-0.15, -0.1) is 11.3 Å². The SMILES string of the molecule is COCC(Br)CNS(=O)(=O)c1cc(C)c(Br)s1. The third-order valence-electron chi connectivity index (χ3n) is 1.94. The van der Waals surface area contributed by atoms with Gasteiger partial charge in [0, 0.05) is 13.7 Å². The zero-order valence-corrected chi connectivity index (χ0v) is 14.2. The predicted octanol–water partition coefficient (Wildman–Crippen LogP) is 2.51. The first-order chi connectivity index (χ1) is 7.86. The van der Waals surface area contributed by atoms with Crippen molar-refractivity contribution in [2.75, 3.05) is 20.3 Å². The van der Waals surface area contributed by atoms with E-state index in [4.69, 9.17) is 4.74 Å². The predicted molar refractivity (Wildman–Crippen MR) is 76.5 cm³/mol. The Morgan fingerprint density at radius 2 is 2.24 bits per heavy atom. The van der Waals surface area contributed by atoms with E-state index >= 15 is 0 Å². The number of thiophene rings is 1. The highest BCUT2D eigenvalue weighted by atomic mass is 79.9. The van der Waals surface area contributed by atoms with E-state index < -0.39 is 10.0 Å². The van der Waals surface area contributed by atoms with Gasteiger partial charge >= 0.3 is 0 Å². The van der Waals surface area contributed by atoms with Gasteiger partial charge in [-0.25, -0.2) is 13.1 Å². The van der Waals surface area contributed by atoms with Crippen molar-refractivity contribution in [2.24, 2.45) is 0 Å². The molecule has 0 saturated carbocycles. The largest absolute Gasteiger partial charge is 0.383 e. The lowest BCUT2D eigenvalue weighted by Crippen LogP contribution is -2.31. The number of nitrogens with one attached hydrogen (secondary N) is 1. The van der Waals surface area contributed by atoms with Gasteiger partial charge in [0.2, 0.25) is 10.0 Å². The van der Waals surface area contributed by atoms with E-state index in [1.165, 1.54) is 11.3 Å². The summed E-state index contributed by atoms with van der Waals surface area (Å²) < 4.78 is 32.4. The lowest BCUT2D eigenvalue weighted by Gasteiger charge is -2.09. The summed E-state index contributed by atoms with van der Waals surface area (Å²) in [5.41, 5.74) is 0.919. The zero-order chi connectivity index (χ0) is 13.1. The first-order valence-corrected chi connectivity index (χ1v) is 8.76.